The second kappa shape index (κ2) is 11.2. The number of ether oxygens (including phenoxy) is 1. The van der Waals surface area contributed by atoms with Crippen molar-refractivity contribution in [1.29, 1.82) is 0 Å². The van der Waals surface area contributed by atoms with E-state index in [2.05, 4.69) is 20.9 Å². The van der Waals surface area contributed by atoms with Gasteiger partial charge < -0.3 is 25.8 Å². The quantitative estimate of drug-likeness (QED) is 0.264. The molecule has 0 saturated heterocycles. The zero-order valence-corrected chi connectivity index (χ0v) is 22.2. The van der Waals surface area contributed by atoms with Gasteiger partial charge in [-0.1, -0.05) is 18.2 Å². The number of nitrogens with one attached hydrogen (secondary N) is 3. The van der Waals surface area contributed by atoms with Crippen LogP contribution in [0.5, 0.6) is 5.75 Å². The van der Waals surface area contributed by atoms with E-state index in [-0.39, 0.29) is 35.7 Å². The van der Waals surface area contributed by atoms with E-state index in [1.54, 1.807) is 37.4 Å². The van der Waals surface area contributed by atoms with Crippen molar-refractivity contribution >= 4 is 11.7 Å². The van der Waals surface area contributed by atoms with Gasteiger partial charge in [-0.2, -0.15) is 0 Å². The highest BCUT2D eigenvalue weighted by Gasteiger charge is 2.47. The number of rotatable bonds is 12. The minimum absolute atomic E-state index is 0.135. The Kier molecular flexibility index (Phi) is 7.67. The lowest BCUT2D eigenvalue weighted by Crippen LogP contribution is -2.30. The zero-order valence-electron chi connectivity index (χ0n) is 22.2. The van der Waals surface area contributed by atoms with E-state index in [1.807, 2.05) is 13.0 Å². The molecule has 0 unspecified atom stereocenters. The number of amides is 1. The van der Waals surface area contributed by atoms with Crippen LogP contribution in [0.2, 0.25) is 0 Å². The largest absolute Gasteiger partial charge is 0.489 e. The summed E-state index contributed by atoms with van der Waals surface area (Å²) in [6, 6.07) is 10.3. The summed E-state index contributed by atoms with van der Waals surface area (Å²) in [5.41, 5.74) is 1.50. The fourth-order valence-corrected chi connectivity index (χ4v) is 4.58. The standard InChI is InChI=1S/C29H34FN5O4/c1-18-6-7-20(27(37)33-21-8-9-21)16-24(18)35-14-12-32-26(28(35)38)34-29(10-11-29)22-4-3-5-23(30)25(22)39-15-13-31-17-19(2)36/h3-7,12,14,16,19,21,31,36H,8-11,13,15,17H2,1-2H3,(H,32,34)(H,33,37)/t19-/m1/s1. The van der Waals surface area contributed by atoms with Crippen molar-refractivity contribution < 1.29 is 19.0 Å². The van der Waals surface area contributed by atoms with Crippen molar-refractivity contribution in [3.05, 3.63) is 81.7 Å². The molecule has 1 amide bonds. The predicted molar refractivity (Wildman–Crippen MR) is 146 cm³/mol. The van der Waals surface area contributed by atoms with Gasteiger partial charge in [0.1, 0.15) is 6.61 Å². The third kappa shape index (κ3) is 6.12. The first-order valence-corrected chi connectivity index (χ1v) is 13.4. The van der Waals surface area contributed by atoms with Crippen molar-refractivity contribution in [2.24, 2.45) is 0 Å². The van der Waals surface area contributed by atoms with Gasteiger partial charge >= 0.3 is 0 Å². The van der Waals surface area contributed by atoms with Crippen LogP contribution in [0, 0.1) is 12.7 Å². The Morgan fingerprint density at radius 2 is 2.08 bits per heavy atom. The van der Waals surface area contributed by atoms with Crippen LogP contribution in [-0.4, -0.2) is 52.4 Å². The van der Waals surface area contributed by atoms with E-state index in [0.717, 1.165) is 18.4 Å². The van der Waals surface area contributed by atoms with Crippen molar-refractivity contribution in [3.63, 3.8) is 0 Å². The molecule has 206 valence electrons. The van der Waals surface area contributed by atoms with Crippen LogP contribution in [0.1, 0.15) is 54.1 Å². The summed E-state index contributed by atoms with van der Waals surface area (Å²) in [5, 5.41) is 18.7. The summed E-state index contributed by atoms with van der Waals surface area (Å²) in [7, 11) is 0. The van der Waals surface area contributed by atoms with Gasteiger partial charge in [-0.3, -0.25) is 14.2 Å². The van der Waals surface area contributed by atoms with E-state index >= 15 is 0 Å². The molecule has 4 N–H and O–H groups in total. The maximum absolute atomic E-state index is 14.9. The van der Waals surface area contributed by atoms with Crippen LogP contribution in [-0.2, 0) is 5.54 Å². The predicted octanol–water partition coefficient (Wildman–Crippen LogP) is 3.02. The molecule has 0 radical (unpaired) electrons. The topological polar surface area (TPSA) is 118 Å². The normalized spacial score (nSPS) is 16.4. The number of aliphatic hydroxyl groups is 1. The Morgan fingerprint density at radius 1 is 1.28 bits per heavy atom. The summed E-state index contributed by atoms with van der Waals surface area (Å²) >= 11 is 0. The second-order valence-corrected chi connectivity index (χ2v) is 10.4. The van der Waals surface area contributed by atoms with Crippen LogP contribution >= 0.6 is 0 Å². The Hall–Kier alpha value is -3.76. The third-order valence-corrected chi connectivity index (χ3v) is 7.04. The molecule has 2 aromatic carbocycles. The molecule has 0 bridgehead atoms. The van der Waals surface area contributed by atoms with Crippen LogP contribution in [0.3, 0.4) is 0 Å². The molecular weight excluding hydrogens is 501 g/mol. The van der Waals surface area contributed by atoms with E-state index in [1.165, 1.54) is 16.8 Å². The number of nitrogens with zero attached hydrogens (tertiary/aromatic N) is 2. The number of carbonyl (C=O) groups excluding carboxylic acids is 1. The van der Waals surface area contributed by atoms with Gasteiger partial charge in [-0.25, -0.2) is 9.37 Å². The highest BCUT2D eigenvalue weighted by molar-refractivity contribution is 5.95. The first kappa shape index (κ1) is 26.8. The summed E-state index contributed by atoms with van der Waals surface area (Å²) in [6.07, 6.45) is 5.97. The molecule has 1 heterocycles. The minimum Gasteiger partial charge on any atom is -0.489 e. The van der Waals surface area contributed by atoms with E-state index < -0.39 is 17.5 Å². The van der Waals surface area contributed by atoms with Gasteiger partial charge in [-0.05, 0) is 63.3 Å². The van der Waals surface area contributed by atoms with Crippen molar-refractivity contribution in [1.82, 2.24) is 20.2 Å². The Balaban J connectivity index is 1.38. The summed E-state index contributed by atoms with van der Waals surface area (Å²) in [4.78, 5) is 30.5. The Morgan fingerprint density at radius 3 is 2.79 bits per heavy atom. The lowest BCUT2D eigenvalue weighted by molar-refractivity contribution is 0.0951. The molecule has 2 saturated carbocycles. The molecule has 2 aliphatic rings. The lowest BCUT2D eigenvalue weighted by Gasteiger charge is -2.22. The highest BCUT2D eigenvalue weighted by Crippen LogP contribution is 2.51. The Labute approximate surface area is 226 Å². The molecule has 1 atom stereocenters. The van der Waals surface area contributed by atoms with Gasteiger partial charge in [-0.15, -0.1) is 0 Å². The Bertz CT molecular complexity index is 1420. The first-order chi connectivity index (χ1) is 18.8. The molecule has 0 spiro atoms. The monoisotopic (exact) mass is 535 g/mol. The van der Waals surface area contributed by atoms with Gasteiger partial charge in [0.2, 0.25) is 0 Å². The van der Waals surface area contributed by atoms with E-state index in [0.29, 0.717) is 42.7 Å². The summed E-state index contributed by atoms with van der Waals surface area (Å²) < 4.78 is 22.1. The van der Waals surface area contributed by atoms with E-state index in [4.69, 9.17) is 4.74 Å². The molecule has 10 heteroatoms. The van der Waals surface area contributed by atoms with Crippen LogP contribution in [0.15, 0.2) is 53.6 Å². The number of hydrogen-bond donors (Lipinski definition) is 4. The van der Waals surface area contributed by atoms with Crippen LogP contribution in [0.25, 0.3) is 5.69 Å². The average molecular weight is 536 g/mol. The van der Waals surface area contributed by atoms with Crippen LogP contribution < -0.4 is 26.2 Å². The molecule has 2 fully saturated rings. The molecular formula is C29H34FN5O4. The van der Waals surface area contributed by atoms with Gasteiger partial charge in [0.25, 0.3) is 11.5 Å². The number of aryl methyl sites for hydroxylation is 1. The number of carbonyl (C=O) groups is 1. The minimum atomic E-state index is -0.684. The lowest BCUT2D eigenvalue weighted by atomic mass is 10.0. The van der Waals surface area contributed by atoms with Crippen LogP contribution in [0.4, 0.5) is 10.2 Å². The second-order valence-electron chi connectivity index (χ2n) is 10.4. The number of halogens is 1. The summed E-state index contributed by atoms with van der Waals surface area (Å²) in [5.74, 6) is -0.360. The number of para-hydroxylation sites is 1. The fourth-order valence-electron chi connectivity index (χ4n) is 4.58. The van der Waals surface area contributed by atoms with Gasteiger partial charge in [0, 0.05) is 42.7 Å². The fraction of sp³-hybridized carbons (Fsp3) is 0.414. The van der Waals surface area contributed by atoms with Crippen molar-refractivity contribution in [2.45, 2.75) is 57.2 Å². The number of hydrogen-bond acceptors (Lipinski definition) is 7. The number of aromatic nitrogens is 2. The average Bonchev–Trinajstić information content (AvgIpc) is 3.84. The number of benzene rings is 2. The molecule has 3 aromatic rings. The molecule has 9 nitrogen and oxygen atoms in total. The smallest absolute Gasteiger partial charge is 0.297 e. The molecule has 39 heavy (non-hydrogen) atoms. The molecule has 5 rings (SSSR count). The highest BCUT2D eigenvalue weighted by atomic mass is 19.1. The first-order valence-electron chi connectivity index (χ1n) is 13.4. The van der Waals surface area contributed by atoms with Gasteiger partial charge in [0.05, 0.1) is 17.3 Å². The third-order valence-electron chi connectivity index (χ3n) is 7.04. The molecule has 0 aliphatic heterocycles. The molecule has 2 aliphatic carbocycles. The van der Waals surface area contributed by atoms with E-state index in [9.17, 15) is 19.1 Å². The SMILES string of the molecule is Cc1ccc(C(=O)NC2CC2)cc1-n1ccnc(NC2(c3cccc(F)c3OCCNC[C@@H](C)O)CC2)c1=O. The van der Waals surface area contributed by atoms with Crippen molar-refractivity contribution in [2.75, 3.05) is 25.0 Å². The number of anilines is 1. The maximum atomic E-state index is 14.9. The zero-order chi connectivity index (χ0) is 27.6. The molecule has 1 aromatic heterocycles. The van der Waals surface area contributed by atoms with Gasteiger partial charge in [0.15, 0.2) is 17.4 Å². The van der Waals surface area contributed by atoms with Crippen molar-refractivity contribution in [3.8, 4) is 11.4 Å². The summed E-state index contributed by atoms with van der Waals surface area (Å²) in [6.45, 7) is 4.64. The maximum Gasteiger partial charge on any atom is 0.297 e. The number of aliphatic hydroxyl groups excluding tert-OH is 1.